The Kier molecular flexibility index (Phi) is 4.67. The summed E-state index contributed by atoms with van der Waals surface area (Å²) in [5.41, 5.74) is 7.25. The van der Waals surface area contributed by atoms with Crippen LogP contribution in [0.15, 0.2) is 23.3 Å². The summed E-state index contributed by atoms with van der Waals surface area (Å²) in [6.07, 6.45) is 1.29. The Morgan fingerprint density at radius 1 is 1.56 bits per heavy atom. The number of ether oxygens (including phenoxy) is 1. The number of carbonyl (C=O) groups is 2. The molecule has 1 rings (SSSR count). The van der Waals surface area contributed by atoms with Crippen LogP contribution in [0.5, 0.6) is 11.5 Å². The van der Waals surface area contributed by atoms with Crippen LogP contribution in [0, 0.1) is 0 Å². The molecule has 0 fully saturated rings. The normalized spacial score (nSPS) is 10.3. The standard InChI is InChI=1S/C11H13N3O4/c1-2-18-9-5-7(3-4-8(9)15)6-13-14-11(17)10(12)16/h3-6,15H,2H2,1H3,(H2,12,16)(H,14,17)/b13-6-. The second-order valence-corrected chi connectivity index (χ2v) is 3.22. The molecule has 7 heteroatoms. The summed E-state index contributed by atoms with van der Waals surface area (Å²) in [5, 5.41) is 13.0. The quantitative estimate of drug-likeness (QED) is 0.388. The number of hydrogen-bond acceptors (Lipinski definition) is 5. The molecule has 96 valence electrons. The molecule has 0 unspecified atom stereocenters. The smallest absolute Gasteiger partial charge is 0.329 e. The summed E-state index contributed by atoms with van der Waals surface area (Å²) in [7, 11) is 0. The number of hydrogen-bond donors (Lipinski definition) is 3. The van der Waals surface area contributed by atoms with Crippen LogP contribution in [0.25, 0.3) is 0 Å². The molecule has 0 heterocycles. The lowest BCUT2D eigenvalue weighted by Crippen LogP contribution is -2.32. The van der Waals surface area contributed by atoms with Crippen LogP contribution in [-0.4, -0.2) is 29.7 Å². The van der Waals surface area contributed by atoms with Crippen LogP contribution in [0.4, 0.5) is 0 Å². The lowest BCUT2D eigenvalue weighted by atomic mass is 10.2. The fourth-order valence-corrected chi connectivity index (χ4v) is 1.10. The summed E-state index contributed by atoms with van der Waals surface area (Å²) in [4.78, 5) is 21.2. The first-order valence-electron chi connectivity index (χ1n) is 5.13. The van der Waals surface area contributed by atoms with Gasteiger partial charge in [-0.1, -0.05) is 0 Å². The molecular weight excluding hydrogens is 238 g/mol. The maximum atomic E-state index is 10.8. The number of nitrogens with two attached hydrogens (primary N) is 1. The van der Waals surface area contributed by atoms with Crippen LogP contribution in [-0.2, 0) is 9.59 Å². The molecular formula is C11H13N3O4. The van der Waals surface area contributed by atoms with Crippen molar-refractivity contribution in [1.29, 1.82) is 0 Å². The largest absolute Gasteiger partial charge is 0.504 e. The van der Waals surface area contributed by atoms with E-state index in [0.29, 0.717) is 17.9 Å². The number of primary amides is 1. The second kappa shape index (κ2) is 6.24. The van der Waals surface area contributed by atoms with Crippen molar-refractivity contribution in [3.05, 3.63) is 23.8 Å². The van der Waals surface area contributed by atoms with Crippen LogP contribution >= 0.6 is 0 Å². The van der Waals surface area contributed by atoms with Crippen molar-refractivity contribution < 1.29 is 19.4 Å². The van der Waals surface area contributed by atoms with Gasteiger partial charge in [0.05, 0.1) is 12.8 Å². The first kappa shape index (κ1) is 13.5. The number of nitrogens with zero attached hydrogens (tertiary/aromatic N) is 1. The van der Waals surface area contributed by atoms with Crippen molar-refractivity contribution >= 4 is 18.0 Å². The molecule has 0 aliphatic carbocycles. The zero-order valence-corrected chi connectivity index (χ0v) is 9.71. The number of hydrazone groups is 1. The SMILES string of the molecule is CCOc1cc(/C=N\NC(=O)C(N)=O)ccc1O. The van der Waals surface area contributed by atoms with E-state index in [9.17, 15) is 14.7 Å². The fourth-order valence-electron chi connectivity index (χ4n) is 1.10. The molecule has 2 amide bonds. The van der Waals surface area contributed by atoms with Crippen LogP contribution in [0.3, 0.4) is 0 Å². The third kappa shape index (κ3) is 3.78. The summed E-state index contributed by atoms with van der Waals surface area (Å²) in [5.74, 6) is -1.80. The number of carbonyl (C=O) groups excluding carboxylic acids is 2. The highest BCUT2D eigenvalue weighted by Crippen LogP contribution is 2.25. The summed E-state index contributed by atoms with van der Waals surface area (Å²) >= 11 is 0. The molecule has 0 radical (unpaired) electrons. The summed E-state index contributed by atoms with van der Waals surface area (Å²) in [6, 6.07) is 4.54. The Morgan fingerprint density at radius 2 is 2.28 bits per heavy atom. The lowest BCUT2D eigenvalue weighted by molar-refractivity contribution is -0.137. The average Bonchev–Trinajstić information content (AvgIpc) is 2.33. The molecule has 0 aromatic heterocycles. The second-order valence-electron chi connectivity index (χ2n) is 3.22. The van der Waals surface area contributed by atoms with Gasteiger partial charge in [0, 0.05) is 0 Å². The molecule has 0 aliphatic rings. The first-order valence-corrected chi connectivity index (χ1v) is 5.13. The van der Waals surface area contributed by atoms with E-state index in [1.165, 1.54) is 12.3 Å². The highest BCUT2D eigenvalue weighted by molar-refractivity contribution is 6.34. The lowest BCUT2D eigenvalue weighted by Gasteiger charge is -2.05. The minimum absolute atomic E-state index is 0.00942. The van der Waals surface area contributed by atoms with E-state index in [0.717, 1.165) is 0 Å². The van der Waals surface area contributed by atoms with Crippen molar-refractivity contribution in [2.24, 2.45) is 10.8 Å². The van der Waals surface area contributed by atoms with Crippen molar-refractivity contribution in [3.63, 3.8) is 0 Å². The van der Waals surface area contributed by atoms with Crippen molar-refractivity contribution in [3.8, 4) is 11.5 Å². The highest BCUT2D eigenvalue weighted by Gasteiger charge is 2.06. The monoisotopic (exact) mass is 251 g/mol. The van der Waals surface area contributed by atoms with Gasteiger partial charge in [-0.3, -0.25) is 9.59 Å². The number of phenolic OH excluding ortho intramolecular Hbond substituents is 1. The number of rotatable bonds is 4. The summed E-state index contributed by atoms with van der Waals surface area (Å²) < 4.78 is 5.17. The van der Waals surface area contributed by atoms with Crippen molar-refractivity contribution in [1.82, 2.24) is 5.43 Å². The molecule has 0 atom stereocenters. The van der Waals surface area contributed by atoms with Gasteiger partial charge in [0.15, 0.2) is 11.5 Å². The first-order chi connectivity index (χ1) is 8.54. The Labute approximate surface area is 103 Å². The van der Waals surface area contributed by atoms with Crippen LogP contribution in [0.1, 0.15) is 12.5 Å². The van der Waals surface area contributed by atoms with E-state index in [4.69, 9.17) is 10.5 Å². The number of nitrogens with one attached hydrogen (secondary N) is 1. The number of amides is 2. The predicted octanol–water partition coefficient (Wildman–Crippen LogP) is -0.274. The van der Waals surface area contributed by atoms with Gasteiger partial charge >= 0.3 is 11.8 Å². The van der Waals surface area contributed by atoms with Crippen molar-refractivity contribution in [2.45, 2.75) is 6.92 Å². The molecule has 0 saturated carbocycles. The fraction of sp³-hybridized carbons (Fsp3) is 0.182. The Morgan fingerprint density at radius 3 is 2.89 bits per heavy atom. The van der Waals surface area contributed by atoms with Gasteiger partial charge in [0.1, 0.15) is 0 Å². The molecule has 0 saturated heterocycles. The molecule has 7 nitrogen and oxygen atoms in total. The molecule has 0 aliphatic heterocycles. The predicted molar refractivity (Wildman–Crippen MR) is 64.2 cm³/mol. The van der Waals surface area contributed by atoms with Gasteiger partial charge in [0.25, 0.3) is 0 Å². The third-order valence-corrected chi connectivity index (χ3v) is 1.89. The topological polar surface area (TPSA) is 114 Å². The van der Waals surface area contributed by atoms with Gasteiger partial charge in [-0.25, -0.2) is 5.43 Å². The maximum Gasteiger partial charge on any atom is 0.329 e. The third-order valence-electron chi connectivity index (χ3n) is 1.89. The highest BCUT2D eigenvalue weighted by atomic mass is 16.5. The van der Waals surface area contributed by atoms with Crippen LogP contribution < -0.4 is 15.9 Å². The zero-order valence-electron chi connectivity index (χ0n) is 9.71. The van der Waals surface area contributed by atoms with E-state index < -0.39 is 11.8 Å². The summed E-state index contributed by atoms with van der Waals surface area (Å²) in [6.45, 7) is 2.19. The van der Waals surface area contributed by atoms with Gasteiger partial charge < -0.3 is 15.6 Å². The van der Waals surface area contributed by atoms with Crippen molar-refractivity contribution in [2.75, 3.05) is 6.61 Å². The number of aromatic hydroxyl groups is 1. The van der Waals surface area contributed by atoms with Gasteiger partial charge in [-0.05, 0) is 30.7 Å². The number of phenols is 1. The Hall–Kier alpha value is -2.57. The zero-order chi connectivity index (χ0) is 13.5. The van der Waals surface area contributed by atoms with Crippen LogP contribution in [0.2, 0.25) is 0 Å². The van der Waals surface area contributed by atoms with Gasteiger partial charge in [-0.2, -0.15) is 5.10 Å². The number of benzene rings is 1. The molecule has 1 aromatic carbocycles. The maximum absolute atomic E-state index is 10.8. The minimum atomic E-state index is -1.12. The van der Waals surface area contributed by atoms with E-state index in [-0.39, 0.29) is 5.75 Å². The average molecular weight is 251 g/mol. The van der Waals surface area contributed by atoms with E-state index >= 15 is 0 Å². The van der Waals surface area contributed by atoms with Gasteiger partial charge in [-0.15, -0.1) is 0 Å². The molecule has 4 N–H and O–H groups in total. The Bertz CT molecular complexity index is 485. The molecule has 0 bridgehead atoms. The van der Waals surface area contributed by atoms with E-state index in [1.807, 2.05) is 5.43 Å². The Balaban J connectivity index is 2.73. The van der Waals surface area contributed by atoms with Gasteiger partial charge in [0.2, 0.25) is 0 Å². The van der Waals surface area contributed by atoms with E-state index in [1.54, 1.807) is 19.1 Å². The molecule has 18 heavy (non-hydrogen) atoms. The molecule has 0 spiro atoms. The minimum Gasteiger partial charge on any atom is -0.504 e. The molecule has 1 aromatic rings. The van der Waals surface area contributed by atoms with E-state index in [2.05, 4.69) is 5.10 Å².